The minimum Gasteiger partial charge on any atom is -0.497 e. The maximum absolute atomic E-state index is 13.2. The fourth-order valence-electron chi connectivity index (χ4n) is 2.44. The number of carbonyl (C=O) groups excluding carboxylic acids is 1. The first-order valence-electron chi connectivity index (χ1n) is 7.88. The first-order chi connectivity index (χ1) is 12.0. The number of methoxy groups -OCH3 is 1. The van der Waals surface area contributed by atoms with E-state index in [1.807, 2.05) is 0 Å². The molecule has 2 rings (SSSR count). The zero-order chi connectivity index (χ0) is 19.7. The molecule has 0 atom stereocenters. The lowest BCUT2D eigenvalue weighted by Gasteiger charge is -2.21. The molecule has 0 spiro atoms. The molecule has 0 saturated heterocycles. The molecular weight excluding hydrogens is 420 g/mol. The zero-order valence-electron chi connectivity index (χ0n) is 15.3. The Hall–Kier alpha value is -1.86. The van der Waals surface area contributed by atoms with Crippen LogP contribution in [-0.2, 0) is 14.6 Å². The highest BCUT2D eigenvalue weighted by Gasteiger charge is 2.30. The molecule has 0 aliphatic heterocycles. The van der Waals surface area contributed by atoms with Crippen molar-refractivity contribution in [1.29, 1.82) is 0 Å². The second-order valence-corrected chi connectivity index (χ2v) is 9.58. The SMILES string of the molecule is COc1ccc(S(=O)(=O)c2c(C)cc(Br)cc2C(=O)OC(C)(C)C)cc1. The Kier molecular flexibility index (Phi) is 5.82. The molecule has 0 unspecified atom stereocenters. The van der Waals surface area contributed by atoms with Crippen LogP contribution in [0.5, 0.6) is 5.75 Å². The molecule has 0 N–H and O–H groups in total. The number of esters is 1. The highest BCUT2D eigenvalue weighted by molar-refractivity contribution is 9.10. The van der Waals surface area contributed by atoms with E-state index in [1.165, 1.54) is 25.3 Å². The first-order valence-corrected chi connectivity index (χ1v) is 10.2. The molecule has 0 aliphatic rings. The van der Waals surface area contributed by atoms with Crippen molar-refractivity contribution < 1.29 is 22.7 Å². The van der Waals surface area contributed by atoms with E-state index in [1.54, 1.807) is 45.9 Å². The molecule has 7 heteroatoms. The van der Waals surface area contributed by atoms with Crippen molar-refractivity contribution in [3.05, 3.63) is 52.0 Å². The summed E-state index contributed by atoms with van der Waals surface area (Å²) in [6.07, 6.45) is 0. The quantitative estimate of drug-likeness (QED) is 0.651. The standard InChI is InChI=1S/C19H21BrO5S/c1-12-10-13(20)11-16(18(21)25-19(2,3)4)17(12)26(22,23)15-8-6-14(24-5)7-9-15/h6-11H,1-5H3. The number of sulfone groups is 1. The van der Waals surface area contributed by atoms with Gasteiger partial charge in [-0.05, 0) is 69.7 Å². The van der Waals surface area contributed by atoms with Gasteiger partial charge in [0.2, 0.25) is 9.84 Å². The van der Waals surface area contributed by atoms with Gasteiger partial charge in [-0.1, -0.05) is 15.9 Å². The second-order valence-electron chi connectivity index (χ2n) is 6.78. The Morgan fingerprint density at radius 2 is 1.65 bits per heavy atom. The Bertz CT molecular complexity index is 926. The van der Waals surface area contributed by atoms with Crippen LogP contribution < -0.4 is 4.74 Å². The van der Waals surface area contributed by atoms with Crippen molar-refractivity contribution in [2.24, 2.45) is 0 Å². The molecule has 0 radical (unpaired) electrons. The topological polar surface area (TPSA) is 69.7 Å². The van der Waals surface area contributed by atoms with Crippen LogP contribution >= 0.6 is 15.9 Å². The summed E-state index contributed by atoms with van der Waals surface area (Å²) in [5, 5.41) is 0. The summed E-state index contributed by atoms with van der Waals surface area (Å²) in [6.45, 7) is 6.84. The van der Waals surface area contributed by atoms with Crippen LogP contribution in [0.15, 0.2) is 50.7 Å². The summed E-state index contributed by atoms with van der Waals surface area (Å²) in [4.78, 5) is 12.7. The summed E-state index contributed by atoms with van der Waals surface area (Å²) < 4.78 is 37.5. The maximum Gasteiger partial charge on any atom is 0.340 e. The van der Waals surface area contributed by atoms with Gasteiger partial charge in [0, 0.05) is 4.47 Å². The average molecular weight is 441 g/mol. The van der Waals surface area contributed by atoms with Crippen molar-refractivity contribution in [3.8, 4) is 5.75 Å². The smallest absolute Gasteiger partial charge is 0.340 e. The summed E-state index contributed by atoms with van der Waals surface area (Å²) in [6, 6.07) is 9.16. The fraction of sp³-hybridized carbons (Fsp3) is 0.316. The van der Waals surface area contributed by atoms with Gasteiger partial charge in [0.1, 0.15) is 11.4 Å². The third-order valence-corrected chi connectivity index (χ3v) is 5.93. The number of hydrogen-bond acceptors (Lipinski definition) is 5. The Balaban J connectivity index is 2.65. The third kappa shape index (κ3) is 4.45. The third-order valence-electron chi connectivity index (χ3n) is 3.50. The van der Waals surface area contributed by atoms with Crippen LogP contribution in [0.4, 0.5) is 0 Å². The van der Waals surface area contributed by atoms with Crippen molar-refractivity contribution in [1.82, 2.24) is 0 Å². The molecular formula is C19H21BrO5S. The predicted molar refractivity (Wildman–Crippen MR) is 102 cm³/mol. The van der Waals surface area contributed by atoms with Crippen LogP contribution in [-0.4, -0.2) is 27.1 Å². The normalized spacial score (nSPS) is 11.9. The number of halogens is 1. The lowest BCUT2D eigenvalue weighted by Crippen LogP contribution is -2.25. The number of ether oxygens (including phenoxy) is 2. The Morgan fingerprint density at radius 3 is 2.15 bits per heavy atom. The predicted octanol–water partition coefficient (Wildman–Crippen LogP) is 4.55. The summed E-state index contributed by atoms with van der Waals surface area (Å²) in [5.74, 6) is -0.141. The molecule has 0 fully saturated rings. The van der Waals surface area contributed by atoms with Gasteiger partial charge in [-0.15, -0.1) is 0 Å². The molecule has 0 aromatic heterocycles. The van der Waals surface area contributed by atoms with Gasteiger partial charge >= 0.3 is 5.97 Å². The van der Waals surface area contributed by atoms with Gasteiger partial charge in [-0.25, -0.2) is 13.2 Å². The molecule has 26 heavy (non-hydrogen) atoms. The molecule has 0 aliphatic carbocycles. The highest BCUT2D eigenvalue weighted by Crippen LogP contribution is 2.32. The molecule has 0 bridgehead atoms. The molecule has 0 heterocycles. The summed E-state index contributed by atoms with van der Waals surface area (Å²) >= 11 is 3.32. The Morgan fingerprint density at radius 1 is 1.08 bits per heavy atom. The first kappa shape index (κ1) is 20.5. The van der Waals surface area contributed by atoms with Crippen LogP contribution in [0.1, 0.15) is 36.7 Å². The lowest BCUT2D eigenvalue weighted by atomic mass is 10.1. The number of carbonyl (C=O) groups is 1. The molecule has 2 aromatic carbocycles. The largest absolute Gasteiger partial charge is 0.497 e. The monoisotopic (exact) mass is 440 g/mol. The van der Waals surface area contributed by atoms with Crippen LogP contribution in [0.3, 0.4) is 0 Å². The second kappa shape index (κ2) is 7.40. The van der Waals surface area contributed by atoms with E-state index >= 15 is 0 Å². The van der Waals surface area contributed by atoms with E-state index in [9.17, 15) is 13.2 Å². The van der Waals surface area contributed by atoms with Gasteiger partial charge in [-0.3, -0.25) is 0 Å². The molecule has 0 saturated carbocycles. The van der Waals surface area contributed by atoms with E-state index in [-0.39, 0.29) is 15.4 Å². The highest BCUT2D eigenvalue weighted by atomic mass is 79.9. The van der Waals surface area contributed by atoms with Crippen molar-refractivity contribution in [2.45, 2.75) is 43.1 Å². The molecule has 2 aromatic rings. The van der Waals surface area contributed by atoms with Crippen LogP contribution in [0.25, 0.3) is 0 Å². The fourth-order valence-corrected chi connectivity index (χ4v) is 4.66. The molecule has 5 nitrogen and oxygen atoms in total. The Labute approximate surface area is 162 Å². The van der Waals surface area contributed by atoms with E-state index in [4.69, 9.17) is 9.47 Å². The number of rotatable bonds is 4. The summed E-state index contributed by atoms with van der Waals surface area (Å²) in [7, 11) is -2.42. The van der Waals surface area contributed by atoms with E-state index in [0.29, 0.717) is 15.8 Å². The minimum absolute atomic E-state index is 0.00242. The zero-order valence-corrected chi connectivity index (χ0v) is 17.7. The van der Waals surface area contributed by atoms with E-state index < -0.39 is 21.4 Å². The van der Waals surface area contributed by atoms with Crippen LogP contribution in [0.2, 0.25) is 0 Å². The van der Waals surface area contributed by atoms with Crippen molar-refractivity contribution in [2.75, 3.05) is 7.11 Å². The van der Waals surface area contributed by atoms with Gasteiger partial charge in [-0.2, -0.15) is 0 Å². The van der Waals surface area contributed by atoms with Crippen molar-refractivity contribution >= 4 is 31.7 Å². The number of benzene rings is 2. The summed E-state index contributed by atoms with van der Waals surface area (Å²) in [5.41, 5.74) is -0.285. The average Bonchev–Trinajstić information content (AvgIpc) is 2.52. The number of hydrogen-bond donors (Lipinski definition) is 0. The van der Waals surface area contributed by atoms with Gasteiger partial charge < -0.3 is 9.47 Å². The minimum atomic E-state index is -3.92. The lowest BCUT2D eigenvalue weighted by molar-refractivity contribution is 0.00648. The van der Waals surface area contributed by atoms with Gasteiger partial charge in [0.15, 0.2) is 0 Å². The van der Waals surface area contributed by atoms with E-state index in [2.05, 4.69) is 15.9 Å². The van der Waals surface area contributed by atoms with Crippen LogP contribution in [0, 0.1) is 6.92 Å². The molecule has 0 amide bonds. The number of aryl methyl sites for hydroxylation is 1. The van der Waals surface area contributed by atoms with E-state index in [0.717, 1.165) is 0 Å². The molecule has 140 valence electrons. The van der Waals surface area contributed by atoms with Gasteiger partial charge in [0.25, 0.3) is 0 Å². The maximum atomic E-state index is 13.2. The van der Waals surface area contributed by atoms with Crippen molar-refractivity contribution in [3.63, 3.8) is 0 Å². The van der Waals surface area contributed by atoms with Gasteiger partial charge in [0.05, 0.1) is 22.5 Å².